The van der Waals surface area contributed by atoms with Gasteiger partial charge in [-0.2, -0.15) is 5.10 Å². The van der Waals surface area contributed by atoms with Crippen LogP contribution < -0.4 is 10.5 Å². The van der Waals surface area contributed by atoms with Gasteiger partial charge in [0.15, 0.2) is 0 Å². The molecule has 0 aliphatic carbocycles. The predicted molar refractivity (Wildman–Crippen MR) is 127 cm³/mol. The SMILES string of the molecule is O=c1c(Cl)c(N2CCCC(c3ncc(-c4ccccc4)[nH]3)C2)cnn1Cc1ccccc1. The van der Waals surface area contributed by atoms with Crippen LogP contribution in [0.15, 0.2) is 77.9 Å². The Morgan fingerprint density at radius 2 is 1.78 bits per heavy atom. The number of hydrogen-bond acceptors (Lipinski definition) is 4. The van der Waals surface area contributed by atoms with Crippen molar-refractivity contribution < 1.29 is 0 Å². The van der Waals surface area contributed by atoms with E-state index in [4.69, 9.17) is 11.6 Å². The van der Waals surface area contributed by atoms with Crippen LogP contribution in [-0.4, -0.2) is 32.8 Å². The third-order valence-electron chi connectivity index (χ3n) is 5.97. The molecule has 2 aromatic carbocycles. The molecule has 32 heavy (non-hydrogen) atoms. The minimum absolute atomic E-state index is 0.223. The zero-order valence-electron chi connectivity index (χ0n) is 17.6. The van der Waals surface area contributed by atoms with Crippen molar-refractivity contribution in [2.75, 3.05) is 18.0 Å². The fourth-order valence-corrected chi connectivity index (χ4v) is 4.54. The van der Waals surface area contributed by atoms with Crippen LogP contribution in [0.2, 0.25) is 5.02 Å². The van der Waals surface area contributed by atoms with E-state index in [1.807, 2.05) is 54.7 Å². The second-order valence-corrected chi connectivity index (χ2v) is 8.50. The smallest absolute Gasteiger partial charge is 0.287 e. The predicted octanol–water partition coefficient (Wildman–Crippen LogP) is 4.72. The molecule has 0 amide bonds. The van der Waals surface area contributed by atoms with Gasteiger partial charge in [-0.3, -0.25) is 4.79 Å². The van der Waals surface area contributed by atoms with Gasteiger partial charge in [-0.1, -0.05) is 72.3 Å². The first kappa shape index (κ1) is 20.5. The highest BCUT2D eigenvalue weighted by atomic mass is 35.5. The number of nitrogens with zero attached hydrogens (tertiary/aromatic N) is 4. The molecule has 4 aromatic rings. The van der Waals surface area contributed by atoms with Crippen molar-refractivity contribution in [3.8, 4) is 11.3 Å². The van der Waals surface area contributed by atoms with Gasteiger partial charge in [0.2, 0.25) is 0 Å². The molecule has 1 N–H and O–H groups in total. The van der Waals surface area contributed by atoms with Crippen LogP contribution in [0.25, 0.3) is 11.3 Å². The monoisotopic (exact) mass is 445 g/mol. The molecule has 7 heteroatoms. The van der Waals surface area contributed by atoms with Gasteiger partial charge in [-0.15, -0.1) is 0 Å². The number of aromatic amines is 1. The number of benzene rings is 2. The summed E-state index contributed by atoms with van der Waals surface area (Å²) >= 11 is 6.54. The van der Waals surface area contributed by atoms with Gasteiger partial charge in [-0.05, 0) is 24.0 Å². The van der Waals surface area contributed by atoms with Crippen LogP contribution in [0.3, 0.4) is 0 Å². The van der Waals surface area contributed by atoms with Crippen molar-refractivity contribution in [2.45, 2.75) is 25.3 Å². The van der Waals surface area contributed by atoms with Gasteiger partial charge >= 0.3 is 0 Å². The van der Waals surface area contributed by atoms with Crippen molar-refractivity contribution in [3.63, 3.8) is 0 Å². The number of imidazole rings is 1. The van der Waals surface area contributed by atoms with E-state index in [-0.39, 0.29) is 16.5 Å². The molecule has 1 aliphatic rings. The number of anilines is 1. The highest BCUT2D eigenvalue weighted by Crippen LogP contribution is 2.31. The average molecular weight is 446 g/mol. The normalized spacial score (nSPS) is 16.3. The second kappa shape index (κ2) is 9.01. The highest BCUT2D eigenvalue weighted by molar-refractivity contribution is 6.33. The third-order valence-corrected chi connectivity index (χ3v) is 6.33. The van der Waals surface area contributed by atoms with Gasteiger partial charge in [0.05, 0.1) is 30.3 Å². The Balaban J connectivity index is 1.35. The molecule has 0 radical (unpaired) electrons. The molecule has 162 valence electrons. The van der Waals surface area contributed by atoms with E-state index in [9.17, 15) is 4.79 Å². The lowest BCUT2D eigenvalue weighted by Gasteiger charge is -2.33. The topological polar surface area (TPSA) is 66.8 Å². The Morgan fingerprint density at radius 1 is 1.03 bits per heavy atom. The first-order chi connectivity index (χ1) is 15.7. The molecule has 1 aliphatic heterocycles. The first-order valence-corrected chi connectivity index (χ1v) is 11.2. The third kappa shape index (κ3) is 4.18. The van der Waals surface area contributed by atoms with E-state index >= 15 is 0 Å². The van der Waals surface area contributed by atoms with E-state index in [0.29, 0.717) is 12.2 Å². The largest absolute Gasteiger partial charge is 0.368 e. The summed E-state index contributed by atoms with van der Waals surface area (Å²) in [4.78, 5) is 23.2. The van der Waals surface area contributed by atoms with Gasteiger partial charge < -0.3 is 9.88 Å². The lowest BCUT2D eigenvalue weighted by Crippen LogP contribution is -2.37. The fraction of sp³-hybridized carbons (Fsp3) is 0.240. The van der Waals surface area contributed by atoms with Gasteiger partial charge in [0.1, 0.15) is 10.8 Å². The Hall–Kier alpha value is -3.38. The number of halogens is 1. The Morgan fingerprint density at radius 3 is 2.56 bits per heavy atom. The summed E-state index contributed by atoms with van der Waals surface area (Å²) in [6.07, 6.45) is 5.64. The van der Waals surface area contributed by atoms with Crippen LogP contribution in [0.4, 0.5) is 5.69 Å². The van der Waals surface area contributed by atoms with E-state index in [1.165, 1.54) is 4.68 Å². The van der Waals surface area contributed by atoms with Crippen LogP contribution in [0, 0.1) is 0 Å². The lowest BCUT2D eigenvalue weighted by atomic mass is 9.97. The molecule has 1 saturated heterocycles. The Kier molecular flexibility index (Phi) is 5.77. The number of nitrogens with one attached hydrogen (secondary N) is 1. The number of rotatable bonds is 5. The Bertz CT molecular complexity index is 1250. The first-order valence-electron chi connectivity index (χ1n) is 10.8. The van der Waals surface area contributed by atoms with Crippen LogP contribution in [0.5, 0.6) is 0 Å². The van der Waals surface area contributed by atoms with Crippen molar-refractivity contribution >= 4 is 17.3 Å². The maximum absolute atomic E-state index is 12.9. The molecule has 5 rings (SSSR count). The number of aromatic nitrogens is 4. The molecular weight excluding hydrogens is 422 g/mol. The maximum Gasteiger partial charge on any atom is 0.287 e. The molecule has 3 heterocycles. The van der Waals surface area contributed by atoms with Crippen LogP contribution >= 0.6 is 11.6 Å². The van der Waals surface area contributed by atoms with E-state index in [2.05, 4.69) is 32.1 Å². The summed E-state index contributed by atoms with van der Waals surface area (Å²) in [5.74, 6) is 1.21. The summed E-state index contributed by atoms with van der Waals surface area (Å²) in [6, 6.07) is 20.0. The number of hydrogen-bond donors (Lipinski definition) is 1. The second-order valence-electron chi connectivity index (χ2n) is 8.13. The van der Waals surface area contributed by atoms with Crippen molar-refractivity contribution in [1.82, 2.24) is 19.7 Å². The molecule has 0 saturated carbocycles. The minimum Gasteiger partial charge on any atom is -0.368 e. The highest BCUT2D eigenvalue weighted by Gasteiger charge is 2.26. The number of H-pyrrole nitrogens is 1. The number of piperidine rings is 1. The van der Waals surface area contributed by atoms with Gasteiger partial charge in [-0.25, -0.2) is 9.67 Å². The Labute approximate surface area is 191 Å². The zero-order valence-corrected chi connectivity index (χ0v) is 18.4. The summed E-state index contributed by atoms with van der Waals surface area (Å²) < 4.78 is 1.42. The standard InChI is InChI=1S/C25H24ClN5O/c26-23-22(15-28-31(25(23)32)16-18-8-3-1-4-9-18)30-13-7-12-20(17-30)24-27-14-21(29-24)19-10-5-2-6-11-19/h1-6,8-11,14-15,20H,7,12-13,16-17H2,(H,27,29). The van der Waals surface area contributed by atoms with E-state index < -0.39 is 0 Å². The zero-order chi connectivity index (χ0) is 21.9. The van der Waals surface area contributed by atoms with Gasteiger partial charge in [0.25, 0.3) is 5.56 Å². The van der Waals surface area contributed by atoms with Crippen molar-refractivity contribution in [3.05, 3.63) is 99.8 Å². The summed E-state index contributed by atoms with van der Waals surface area (Å²) in [5, 5.41) is 4.63. The summed E-state index contributed by atoms with van der Waals surface area (Å²) in [5.41, 5.74) is 3.57. The molecule has 1 fully saturated rings. The quantitative estimate of drug-likeness (QED) is 0.482. The summed E-state index contributed by atoms with van der Waals surface area (Å²) in [7, 11) is 0. The lowest BCUT2D eigenvalue weighted by molar-refractivity contribution is 0.492. The fourth-order valence-electron chi connectivity index (χ4n) is 4.27. The van der Waals surface area contributed by atoms with E-state index in [1.54, 1.807) is 6.20 Å². The van der Waals surface area contributed by atoms with E-state index in [0.717, 1.165) is 48.6 Å². The molecule has 6 nitrogen and oxygen atoms in total. The molecule has 0 spiro atoms. The average Bonchev–Trinajstić information content (AvgIpc) is 3.34. The maximum atomic E-state index is 12.9. The molecule has 2 aromatic heterocycles. The molecule has 1 atom stereocenters. The summed E-state index contributed by atoms with van der Waals surface area (Å²) in [6.45, 7) is 1.98. The molecular formula is C25H24ClN5O. The minimum atomic E-state index is -0.264. The molecule has 1 unspecified atom stereocenters. The van der Waals surface area contributed by atoms with Gasteiger partial charge in [0, 0.05) is 19.0 Å². The van der Waals surface area contributed by atoms with Crippen LogP contribution in [-0.2, 0) is 6.54 Å². The van der Waals surface area contributed by atoms with Crippen LogP contribution in [0.1, 0.15) is 30.1 Å². The van der Waals surface area contributed by atoms with Crippen molar-refractivity contribution in [1.29, 1.82) is 0 Å². The van der Waals surface area contributed by atoms with Crippen molar-refractivity contribution in [2.24, 2.45) is 0 Å². The molecule has 0 bridgehead atoms.